The van der Waals surface area contributed by atoms with E-state index in [1.54, 1.807) is 57.2 Å². The SMILES string of the molecule is CC(C)(C)OC(=O)CN1C(=O)SC(=Cc2ccc(OCc3cccc([N+](=O)[O-])c3)c(Br)c2)C1=O. The Morgan fingerprint density at radius 1 is 1.21 bits per heavy atom. The third kappa shape index (κ3) is 6.67. The molecule has 0 unspecified atom stereocenters. The molecule has 11 heteroatoms. The molecule has 3 rings (SSSR count). The summed E-state index contributed by atoms with van der Waals surface area (Å²) in [6.07, 6.45) is 1.55. The number of non-ortho nitro benzene ring substituents is 1. The zero-order valence-electron chi connectivity index (χ0n) is 18.6. The van der Waals surface area contributed by atoms with Crippen LogP contribution >= 0.6 is 27.7 Å². The number of imide groups is 1. The van der Waals surface area contributed by atoms with Gasteiger partial charge in [0.25, 0.3) is 16.8 Å². The van der Waals surface area contributed by atoms with Gasteiger partial charge in [0.05, 0.1) is 14.3 Å². The molecule has 0 N–H and O–H groups in total. The minimum Gasteiger partial charge on any atom is -0.488 e. The van der Waals surface area contributed by atoms with Crippen molar-refractivity contribution in [2.24, 2.45) is 0 Å². The van der Waals surface area contributed by atoms with E-state index in [1.165, 1.54) is 12.1 Å². The Bertz CT molecular complexity index is 1190. The molecular weight excluding hydrogens is 528 g/mol. The molecular formula is C23H21BrN2O7S. The average Bonchev–Trinajstić information content (AvgIpc) is 2.99. The topological polar surface area (TPSA) is 116 Å². The molecule has 0 saturated carbocycles. The number of ether oxygens (including phenoxy) is 2. The fraction of sp³-hybridized carbons (Fsp3) is 0.261. The molecule has 1 aliphatic heterocycles. The first-order valence-corrected chi connectivity index (χ1v) is 11.7. The summed E-state index contributed by atoms with van der Waals surface area (Å²) in [7, 11) is 0. The van der Waals surface area contributed by atoms with Crippen molar-refractivity contribution >= 4 is 56.6 Å². The molecule has 1 fully saturated rings. The van der Waals surface area contributed by atoms with Crippen molar-refractivity contribution < 1.29 is 28.8 Å². The van der Waals surface area contributed by atoms with Crippen molar-refractivity contribution in [3.05, 3.63) is 73.1 Å². The van der Waals surface area contributed by atoms with Gasteiger partial charge in [-0.25, -0.2) is 0 Å². The van der Waals surface area contributed by atoms with Crippen molar-refractivity contribution in [3.63, 3.8) is 0 Å². The van der Waals surface area contributed by atoms with Crippen LogP contribution in [0.25, 0.3) is 6.08 Å². The largest absolute Gasteiger partial charge is 0.488 e. The van der Waals surface area contributed by atoms with Crippen LogP contribution in [0.15, 0.2) is 51.8 Å². The summed E-state index contributed by atoms with van der Waals surface area (Å²) < 4.78 is 11.5. The maximum atomic E-state index is 12.6. The van der Waals surface area contributed by atoms with Crippen LogP contribution in [0.3, 0.4) is 0 Å². The number of benzene rings is 2. The van der Waals surface area contributed by atoms with Gasteiger partial charge in [0.1, 0.15) is 24.5 Å². The van der Waals surface area contributed by atoms with Gasteiger partial charge >= 0.3 is 5.97 Å². The Morgan fingerprint density at radius 2 is 1.94 bits per heavy atom. The number of nitro groups is 1. The van der Waals surface area contributed by atoms with E-state index in [4.69, 9.17) is 9.47 Å². The Hall–Kier alpha value is -3.18. The molecule has 9 nitrogen and oxygen atoms in total. The van der Waals surface area contributed by atoms with Crippen molar-refractivity contribution in [2.45, 2.75) is 33.0 Å². The molecule has 0 radical (unpaired) electrons. The molecule has 0 aliphatic carbocycles. The molecule has 0 spiro atoms. The van der Waals surface area contributed by atoms with Crippen molar-refractivity contribution in [1.82, 2.24) is 4.90 Å². The lowest BCUT2D eigenvalue weighted by atomic mass is 10.2. The number of hydrogen-bond acceptors (Lipinski definition) is 8. The average molecular weight is 549 g/mol. The molecule has 1 heterocycles. The van der Waals surface area contributed by atoms with E-state index in [9.17, 15) is 24.5 Å². The van der Waals surface area contributed by atoms with E-state index >= 15 is 0 Å². The summed E-state index contributed by atoms with van der Waals surface area (Å²) in [6, 6.07) is 11.3. The maximum absolute atomic E-state index is 12.6. The number of esters is 1. The minimum atomic E-state index is -0.722. The van der Waals surface area contributed by atoms with Gasteiger partial charge in [-0.3, -0.25) is 29.4 Å². The lowest BCUT2D eigenvalue weighted by molar-refractivity contribution is -0.384. The van der Waals surface area contributed by atoms with Crippen LogP contribution in [0.1, 0.15) is 31.9 Å². The summed E-state index contributed by atoms with van der Waals surface area (Å²) in [4.78, 5) is 48.4. The summed E-state index contributed by atoms with van der Waals surface area (Å²) in [5, 5.41) is 10.4. The summed E-state index contributed by atoms with van der Waals surface area (Å²) in [5.41, 5.74) is 0.539. The zero-order valence-corrected chi connectivity index (χ0v) is 21.0. The van der Waals surface area contributed by atoms with Gasteiger partial charge in [-0.2, -0.15) is 0 Å². The van der Waals surface area contributed by atoms with Crippen LogP contribution < -0.4 is 4.74 Å². The first kappa shape index (κ1) is 25.4. The summed E-state index contributed by atoms with van der Waals surface area (Å²) in [5.74, 6) is -0.728. The van der Waals surface area contributed by atoms with Gasteiger partial charge in [-0.1, -0.05) is 18.2 Å². The molecule has 0 atom stereocenters. The van der Waals surface area contributed by atoms with E-state index < -0.39 is 34.2 Å². The zero-order chi connectivity index (χ0) is 25.0. The highest BCUT2D eigenvalue weighted by atomic mass is 79.9. The number of carbonyl (C=O) groups is 3. The summed E-state index contributed by atoms with van der Waals surface area (Å²) >= 11 is 4.16. The lowest BCUT2D eigenvalue weighted by Gasteiger charge is -2.21. The molecule has 1 aliphatic rings. The normalized spacial score (nSPS) is 15.1. The minimum absolute atomic E-state index is 0.0175. The number of halogens is 1. The molecule has 1 saturated heterocycles. The standard InChI is InChI=1S/C23H21BrN2O7S/c1-23(2,3)33-20(27)12-25-21(28)19(34-22(25)29)11-14-7-8-18(17(24)10-14)32-13-15-5-4-6-16(9-15)26(30)31/h4-11H,12-13H2,1-3H3. The van der Waals surface area contributed by atoms with Crippen LogP contribution in [-0.2, 0) is 20.9 Å². The van der Waals surface area contributed by atoms with Crippen molar-refractivity contribution in [1.29, 1.82) is 0 Å². The monoisotopic (exact) mass is 548 g/mol. The van der Waals surface area contributed by atoms with Crippen LogP contribution in [-0.4, -0.2) is 39.1 Å². The maximum Gasteiger partial charge on any atom is 0.326 e. The van der Waals surface area contributed by atoms with Gasteiger partial charge < -0.3 is 9.47 Å². The number of hydrogen-bond donors (Lipinski definition) is 0. The van der Waals surface area contributed by atoms with E-state index in [1.807, 2.05) is 0 Å². The Labute approximate surface area is 208 Å². The Morgan fingerprint density at radius 3 is 2.59 bits per heavy atom. The number of amides is 2. The fourth-order valence-corrected chi connectivity index (χ4v) is 4.28. The quantitative estimate of drug-likeness (QED) is 0.197. The highest BCUT2D eigenvalue weighted by Gasteiger charge is 2.37. The molecule has 178 valence electrons. The number of thioether (sulfide) groups is 1. The van der Waals surface area contributed by atoms with Gasteiger partial charge in [0.2, 0.25) is 0 Å². The molecule has 2 amide bonds. The van der Waals surface area contributed by atoms with Crippen molar-refractivity contribution in [2.75, 3.05) is 6.54 Å². The van der Waals surface area contributed by atoms with Gasteiger partial charge in [0.15, 0.2) is 0 Å². The number of rotatable bonds is 7. The third-order valence-electron chi connectivity index (χ3n) is 4.35. The Balaban J connectivity index is 1.67. The van der Waals surface area contributed by atoms with E-state index in [0.717, 1.165) is 16.7 Å². The van der Waals surface area contributed by atoms with E-state index in [-0.39, 0.29) is 17.2 Å². The lowest BCUT2D eigenvalue weighted by Crippen LogP contribution is -2.37. The second-order valence-corrected chi connectivity index (χ2v) is 10.1. The Kier molecular flexibility index (Phi) is 7.78. The van der Waals surface area contributed by atoms with Crippen LogP contribution in [0, 0.1) is 10.1 Å². The van der Waals surface area contributed by atoms with Crippen LogP contribution in [0.5, 0.6) is 5.75 Å². The van der Waals surface area contributed by atoms with Crippen LogP contribution in [0.2, 0.25) is 0 Å². The molecule has 2 aromatic carbocycles. The molecule has 2 aromatic rings. The number of carbonyl (C=O) groups excluding carboxylic acids is 3. The smallest absolute Gasteiger partial charge is 0.326 e. The van der Waals surface area contributed by atoms with Gasteiger partial charge in [-0.15, -0.1) is 0 Å². The van der Waals surface area contributed by atoms with Gasteiger partial charge in [-0.05, 0) is 77.8 Å². The van der Waals surface area contributed by atoms with Crippen LogP contribution in [0.4, 0.5) is 10.5 Å². The number of nitrogens with zero attached hydrogens (tertiary/aromatic N) is 2. The third-order valence-corrected chi connectivity index (χ3v) is 5.88. The van der Waals surface area contributed by atoms with E-state index in [2.05, 4.69) is 15.9 Å². The first-order chi connectivity index (χ1) is 15.9. The highest BCUT2D eigenvalue weighted by Crippen LogP contribution is 2.34. The molecule has 0 bridgehead atoms. The second kappa shape index (κ2) is 10.4. The first-order valence-electron chi connectivity index (χ1n) is 10.1. The fourth-order valence-electron chi connectivity index (χ4n) is 2.94. The molecule has 34 heavy (non-hydrogen) atoms. The predicted octanol–water partition coefficient (Wildman–Crippen LogP) is 5.31. The predicted molar refractivity (Wildman–Crippen MR) is 130 cm³/mol. The summed E-state index contributed by atoms with van der Waals surface area (Å²) in [6.45, 7) is 4.78. The van der Waals surface area contributed by atoms with E-state index in [0.29, 0.717) is 21.3 Å². The van der Waals surface area contributed by atoms with Crippen molar-refractivity contribution in [3.8, 4) is 5.75 Å². The highest BCUT2D eigenvalue weighted by molar-refractivity contribution is 9.10. The number of nitro benzene ring substituents is 1. The van der Waals surface area contributed by atoms with Gasteiger partial charge in [0, 0.05) is 12.1 Å². The second-order valence-electron chi connectivity index (χ2n) is 8.26. The molecule has 0 aromatic heterocycles.